The summed E-state index contributed by atoms with van der Waals surface area (Å²) in [6.07, 6.45) is 0. The van der Waals surface area contributed by atoms with E-state index in [0.29, 0.717) is 6.04 Å². The lowest BCUT2D eigenvalue weighted by Crippen LogP contribution is -2.52. The maximum atomic E-state index is 2.46. The van der Waals surface area contributed by atoms with Crippen LogP contribution in [0.4, 0.5) is 5.69 Å². The zero-order valence-corrected chi connectivity index (χ0v) is 17.1. The largest absolute Gasteiger partial charge is 0.287 e. The van der Waals surface area contributed by atoms with E-state index in [1.54, 1.807) is 0 Å². The molecule has 2 unspecified atom stereocenters. The second-order valence-electron chi connectivity index (χ2n) is 7.67. The van der Waals surface area contributed by atoms with Gasteiger partial charge in [0.2, 0.25) is 0 Å². The number of hydrazine groups is 1. The van der Waals surface area contributed by atoms with E-state index in [2.05, 4.69) is 119 Å². The molecule has 4 aromatic rings. The fourth-order valence-electron chi connectivity index (χ4n) is 4.58. The molecule has 1 radical (unpaired) electrons. The van der Waals surface area contributed by atoms with E-state index in [9.17, 15) is 0 Å². The SMILES string of the molecule is c1ccc([Si](c2ccccc2)c2cccc(C3c4ccccc4N4CN34)c2)cc1. The molecule has 2 atom stereocenters. The van der Waals surface area contributed by atoms with E-state index in [1.165, 1.54) is 32.4 Å². The average molecular weight is 390 g/mol. The van der Waals surface area contributed by atoms with Gasteiger partial charge in [-0.05, 0) is 11.6 Å². The molecule has 6 rings (SSSR count). The summed E-state index contributed by atoms with van der Waals surface area (Å²) >= 11 is 0. The van der Waals surface area contributed by atoms with Crippen molar-refractivity contribution in [2.45, 2.75) is 6.04 Å². The van der Waals surface area contributed by atoms with Gasteiger partial charge < -0.3 is 0 Å². The summed E-state index contributed by atoms with van der Waals surface area (Å²) in [7, 11) is -1.04. The van der Waals surface area contributed by atoms with Crippen LogP contribution in [0.2, 0.25) is 0 Å². The molecular weight excluding hydrogens is 368 g/mol. The van der Waals surface area contributed by atoms with Crippen LogP contribution in [-0.4, -0.2) is 20.5 Å². The van der Waals surface area contributed by atoms with Crippen molar-refractivity contribution in [3.05, 3.63) is 120 Å². The van der Waals surface area contributed by atoms with Crippen LogP contribution in [0, 0.1) is 0 Å². The summed E-state index contributed by atoms with van der Waals surface area (Å²) in [4.78, 5) is 0. The van der Waals surface area contributed by atoms with Crippen LogP contribution >= 0.6 is 0 Å². The molecule has 0 saturated carbocycles. The van der Waals surface area contributed by atoms with Crippen molar-refractivity contribution in [3.8, 4) is 0 Å². The first-order valence-electron chi connectivity index (χ1n) is 10.1. The van der Waals surface area contributed by atoms with E-state index in [-0.39, 0.29) is 0 Å². The van der Waals surface area contributed by atoms with Gasteiger partial charge in [-0.1, -0.05) is 119 Å². The number of para-hydroxylation sites is 1. The number of anilines is 1. The minimum Gasteiger partial charge on any atom is -0.287 e. The van der Waals surface area contributed by atoms with Gasteiger partial charge in [-0.15, -0.1) is 0 Å². The molecule has 0 aliphatic carbocycles. The molecular formula is C26H21N2Si. The topological polar surface area (TPSA) is 6.02 Å². The standard InChI is InChI=1S/C26H21N2Si/c1-3-11-21(12-4-1)29(22-13-5-2-6-14-22)23-15-9-10-20(18-23)26-24-16-7-8-17-25(24)27-19-28(26)27/h1-18,26H,19H2. The Labute approximate surface area is 173 Å². The van der Waals surface area contributed by atoms with Crippen LogP contribution in [0.1, 0.15) is 17.2 Å². The third kappa shape index (κ3) is 2.82. The Balaban J connectivity index is 1.46. The summed E-state index contributed by atoms with van der Waals surface area (Å²) in [5.74, 6) is 0. The quantitative estimate of drug-likeness (QED) is 0.300. The fourth-order valence-corrected chi connectivity index (χ4v) is 7.21. The number of hydrogen-bond acceptors (Lipinski definition) is 2. The number of fused-ring (bicyclic) bond motifs is 3. The minimum atomic E-state index is -1.04. The lowest BCUT2D eigenvalue weighted by Gasteiger charge is -2.20. The Morgan fingerprint density at radius 2 is 1.24 bits per heavy atom. The van der Waals surface area contributed by atoms with E-state index < -0.39 is 8.80 Å². The highest BCUT2D eigenvalue weighted by molar-refractivity contribution is 6.95. The smallest absolute Gasteiger partial charge is 0.154 e. The molecule has 0 spiro atoms. The van der Waals surface area contributed by atoms with Gasteiger partial charge in [0, 0.05) is 5.56 Å². The van der Waals surface area contributed by atoms with Crippen LogP contribution in [0.25, 0.3) is 0 Å². The second kappa shape index (κ2) is 6.73. The molecule has 3 heteroatoms. The average Bonchev–Trinajstić information content (AvgIpc) is 3.50. The Kier molecular flexibility index (Phi) is 3.89. The lowest BCUT2D eigenvalue weighted by atomic mass is 9.98. The lowest BCUT2D eigenvalue weighted by molar-refractivity contribution is 0.485. The van der Waals surface area contributed by atoms with Crippen molar-refractivity contribution >= 4 is 30.0 Å². The van der Waals surface area contributed by atoms with Crippen molar-refractivity contribution in [1.82, 2.24) is 5.01 Å². The van der Waals surface area contributed by atoms with Crippen molar-refractivity contribution in [1.29, 1.82) is 0 Å². The highest BCUT2D eigenvalue weighted by Gasteiger charge is 2.47. The Bertz CT molecular complexity index is 1120. The van der Waals surface area contributed by atoms with Gasteiger partial charge in [0.15, 0.2) is 8.80 Å². The molecule has 2 nitrogen and oxygen atoms in total. The van der Waals surface area contributed by atoms with E-state index in [1.807, 2.05) is 0 Å². The Morgan fingerprint density at radius 3 is 1.97 bits per heavy atom. The highest BCUT2D eigenvalue weighted by atomic mass is 28.3. The van der Waals surface area contributed by atoms with Gasteiger partial charge >= 0.3 is 0 Å². The summed E-state index contributed by atoms with van der Waals surface area (Å²) < 4.78 is 0. The number of nitrogens with zero attached hydrogens (tertiary/aromatic N) is 2. The predicted octanol–water partition coefficient (Wildman–Crippen LogP) is 3.30. The Hall–Kier alpha value is -3.14. The predicted molar refractivity (Wildman–Crippen MR) is 121 cm³/mol. The fraction of sp³-hybridized carbons (Fsp3) is 0.0769. The number of benzene rings is 4. The van der Waals surface area contributed by atoms with E-state index in [0.717, 1.165) is 6.67 Å². The first-order valence-corrected chi connectivity index (χ1v) is 11.6. The van der Waals surface area contributed by atoms with Gasteiger partial charge in [0.1, 0.15) is 6.67 Å². The van der Waals surface area contributed by atoms with Crippen LogP contribution in [-0.2, 0) is 0 Å². The monoisotopic (exact) mass is 389 g/mol. The minimum absolute atomic E-state index is 0.334. The van der Waals surface area contributed by atoms with E-state index >= 15 is 0 Å². The normalized spacial score (nSPS) is 19.1. The van der Waals surface area contributed by atoms with Crippen LogP contribution < -0.4 is 20.6 Å². The molecule has 1 saturated heterocycles. The molecule has 139 valence electrons. The van der Waals surface area contributed by atoms with E-state index in [4.69, 9.17) is 0 Å². The maximum Gasteiger partial charge on any atom is 0.154 e. The molecule has 2 aliphatic rings. The van der Waals surface area contributed by atoms with Crippen LogP contribution in [0.15, 0.2) is 109 Å². The van der Waals surface area contributed by atoms with Gasteiger partial charge in [-0.25, -0.2) is 0 Å². The molecule has 2 aliphatic heterocycles. The summed E-state index contributed by atoms with van der Waals surface area (Å²) in [5, 5.41) is 9.15. The van der Waals surface area contributed by atoms with Crippen molar-refractivity contribution in [3.63, 3.8) is 0 Å². The molecule has 2 heterocycles. The number of hydrogen-bond donors (Lipinski definition) is 0. The molecule has 0 bridgehead atoms. The van der Waals surface area contributed by atoms with Gasteiger partial charge in [-0.3, -0.25) is 5.01 Å². The summed E-state index contributed by atoms with van der Waals surface area (Å²) in [6.45, 7) is 1.03. The van der Waals surface area contributed by atoms with Gasteiger partial charge in [-0.2, -0.15) is 5.01 Å². The third-order valence-electron chi connectivity index (χ3n) is 5.93. The van der Waals surface area contributed by atoms with Gasteiger partial charge in [0.25, 0.3) is 0 Å². The second-order valence-corrected chi connectivity index (χ2v) is 10.2. The zero-order chi connectivity index (χ0) is 19.2. The third-order valence-corrected chi connectivity index (χ3v) is 8.64. The highest BCUT2D eigenvalue weighted by Crippen LogP contribution is 2.49. The molecule has 0 N–H and O–H groups in total. The zero-order valence-electron chi connectivity index (χ0n) is 16.1. The molecule has 1 fully saturated rings. The first kappa shape index (κ1) is 16.8. The summed E-state index contributed by atoms with van der Waals surface area (Å²) in [6, 6.07) is 40.4. The molecule has 29 heavy (non-hydrogen) atoms. The van der Waals surface area contributed by atoms with Crippen molar-refractivity contribution < 1.29 is 0 Å². The van der Waals surface area contributed by atoms with Gasteiger partial charge in [0.05, 0.1) is 11.7 Å². The van der Waals surface area contributed by atoms with Crippen molar-refractivity contribution in [2.75, 3.05) is 11.7 Å². The van der Waals surface area contributed by atoms with Crippen molar-refractivity contribution in [2.24, 2.45) is 0 Å². The number of rotatable bonds is 4. The summed E-state index contributed by atoms with van der Waals surface area (Å²) in [5.41, 5.74) is 4.17. The first-order chi connectivity index (χ1) is 14.4. The van der Waals surface area contributed by atoms with Crippen LogP contribution in [0.5, 0.6) is 0 Å². The molecule has 0 aromatic heterocycles. The Morgan fingerprint density at radius 1 is 0.621 bits per heavy atom. The molecule has 4 aromatic carbocycles. The van der Waals surface area contributed by atoms with Crippen LogP contribution in [0.3, 0.4) is 0 Å². The maximum absolute atomic E-state index is 2.46. The molecule has 0 amide bonds.